The summed E-state index contributed by atoms with van der Waals surface area (Å²) in [6, 6.07) is 5.65. The van der Waals surface area contributed by atoms with Crippen molar-refractivity contribution in [1.29, 1.82) is 0 Å². The van der Waals surface area contributed by atoms with E-state index in [0.29, 0.717) is 5.70 Å². The molecule has 2 rings (SSSR count). The Balaban J connectivity index is 2.20. The number of methoxy groups -OCH3 is 1. The number of ether oxygens (including phenoxy) is 1. The molecule has 0 fully saturated rings. The van der Waals surface area contributed by atoms with Crippen molar-refractivity contribution in [3.63, 3.8) is 0 Å². The number of hydrogen-bond acceptors (Lipinski definition) is 5. The Morgan fingerprint density at radius 3 is 2.76 bits per heavy atom. The fourth-order valence-electron chi connectivity index (χ4n) is 1.65. The van der Waals surface area contributed by atoms with Crippen LogP contribution in [0.25, 0.3) is 5.70 Å². The van der Waals surface area contributed by atoms with Crippen LogP contribution in [0.1, 0.15) is 11.1 Å². The van der Waals surface area contributed by atoms with Gasteiger partial charge in [-0.3, -0.25) is 0 Å². The van der Waals surface area contributed by atoms with Gasteiger partial charge in [-0.15, -0.1) is 0 Å². The molecule has 1 aromatic carbocycles. The third-order valence-electron chi connectivity index (χ3n) is 2.44. The minimum atomic E-state index is -3.51. The molecule has 1 aliphatic rings. The summed E-state index contributed by atoms with van der Waals surface area (Å²) in [5.74, 6) is 0.720. The van der Waals surface area contributed by atoms with Crippen LogP contribution in [0.4, 0.5) is 0 Å². The first-order valence-electron chi connectivity index (χ1n) is 5.01. The molecule has 0 bridgehead atoms. The monoisotopic (exact) mass is 255 g/mol. The molecule has 0 amide bonds. The third kappa shape index (κ3) is 2.78. The predicted molar refractivity (Wildman–Crippen MR) is 63.7 cm³/mol. The molecular formula is C11H13NO4S. The fraction of sp³-hybridized carbons (Fsp3) is 0.273. The number of hydrogen-bond donors (Lipinski definition) is 1. The van der Waals surface area contributed by atoms with Crippen LogP contribution >= 0.6 is 0 Å². The second kappa shape index (κ2) is 4.38. The summed E-state index contributed by atoms with van der Waals surface area (Å²) in [5.41, 5.74) is 5.09. The lowest BCUT2D eigenvalue weighted by Crippen LogP contribution is -2.17. The summed E-state index contributed by atoms with van der Waals surface area (Å²) in [6.45, 7) is 0. The molecule has 0 saturated carbocycles. The molecule has 1 N–H and O–H groups in total. The van der Waals surface area contributed by atoms with Crippen LogP contribution in [0.5, 0.6) is 5.75 Å². The summed E-state index contributed by atoms with van der Waals surface area (Å²) in [4.78, 5) is 0. The van der Waals surface area contributed by atoms with E-state index >= 15 is 0 Å². The Morgan fingerprint density at radius 1 is 1.35 bits per heavy atom. The van der Waals surface area contributed by atoms with Crippen molar-refractivity contribution < 1.29 is 17.4 Å². The van der Waals surface area contributed by atoms with Crippen molar-refractivity contribution in [2.75, 3.05) is 13.4 Å². The lowest BCUT2D eigenvalue weighted by atomic mass is 10.1. The molecule has 0 aliphatic heterocycles. The molecule has 0 unspecified atom stereocenters. The Kier molecular flexibility index (Phi) is 3.08. The van der Waals surface area contributed by atoms with E-state index in [-0.39, 0.29) is 0 Å². The minimum Gasteiger partial charge on any atom is -0.497 e. The van der Waals surface area contributed by atoms with Crippen molar-refractivity contribution >= 4 is 15.8 Å². The van der Waals surface area contributed by atoms with E-state index in [1.165, 1.54) is 0 Å². The molecule has 0 radical (unpaired) electrons. The first-order valence-corrected chi connectivity index (χ1v) is 6.83. The molecule has 0 atom stereocenters. The van der Waals surface area contributed by atoms with E-state index in [9.17, 15) is 8.42 Å². The maximum absolute atomic E-state index is 10.9. The van der Waals surface area contributed by atoms with E-state index < -0.39 is 10.1 Å². The van der Waals surface area contributed by atoms with Crippen LogP contribution in [0.2, 0.25) is 0 Å². The highest BCUT2D eigenvalue weighted by Crippen LogP contribution is 2.29. The molecule has 0 saturated heterocycles. The highest BCUT2D eigenvalue weighted by atomic mass is 32.2. The number of rotatable bonds is 4. The molecule has 5 nitrogen and oxygen atoms in total. The van der Waals surface area contributed by atoms with Gasteiger partial charge < -0.3 is 4.74 Å². The van der Waals surface area contributed by atoms with Gasteiger partial charge in [0.2, 0.25) is 0 Å². The van der Waals surface area contributed by atoms with Crippen LogP contribution in [0, 0.1) is 0 Å². The molecule has 1 aromatic rings. The predicted octanol–water partition coefficient (Wildman–Crippen LogP) is 1.07. The quantitative estimate of drug-likeness (QED) is 0.815. The summed E-state index contributed by atoms with van der Waals surface area (Å²) in [7, 11) is -1.93. The fourth-order valence-corrected chi connectivity index (χ4v) is 1.89. The van der Waals surface area contributed by atoms with Gasteiger partial charge in [0.15, 0.2) is 0 Å². The van der Waals surface area contributed by atoms with E-state index in [1.54, 1.807) is 7.11 Å². The van der Waals surface area contributed by atoms with Crippen LogP contribution < -0.4 is 10.2 Å². The third-order valence-corrected chi connectivity index (χ3v) is 2.82. The molecule has 0 heterocycles. The van der Waals surface area contributed by atoms with E-state index in [0.717, 1.165) is 29.6 Å². The standard InChI is InChI=1S/C11H13NO4S/c1-15-9-5-3-8-4-6-11(10(8)7-9)12-16-17(2,13)14/h3,5-7,12H,4H2,1-2H3. The minimum absolute atomic E-state index is 0.643. The van der Waals surface area contributed by atoms with Gasteiger partial charge in [0.1, 0.15) is 5.75 Å². The largest absolute Gasteiger partial charge is 0.497 e. The summed E-state index contributed by atoms with van der Waals surface area (Å²) < 4.78 is 31.4. The van der Waals surface area contributed by atoms with Crippen molar-refractivity contribution in [1.82, 2.24) is 5.48 Å². The van der Waals surface area contributed by atoms with E-state index in [4.69, 9.17) is 4.74 Å². The summed E-state index contributed by atoms with van der Waals surface area (Å²) in [5, 5.41) is 0. The van der Waals surface area contributed by atoms with Gasteiger partial charge in [-0.1, -0.05) is 12.1 Å². The Morgan fingerprint density at radius 2 is 2.12 bits per heavy atom. The van der Waals surface area contributed by atoms with Gasteiger partial charge >= 0.3 is 0 Å². The van der Waals surface area contributed by atoms with E-state index in [2.05, 4.69) is 9.76 Å². The lowest BCUT2D eigenvalue weighted by Gasteiger charge is -2.09. The molecule has 6 heteroatoms. The van der Waals surface area contributed by atoms with E-state index in [1.807, 2.05) is 24.3 Å². The van der Waals surface area contributed by atoms with Gasteiger partial charge in [-0.25, -0.2) is 5.48 Å². The van der Waals surface area contributed by atoms with Crippen molar-refractivity contribution in [3.8, 4) is 5.75 Å². The van der Waals surface area contributed by atoms with Gasteiger partial charge in [0, 0.05) is 5.56 Å². The topological polar surface area (TPSA) is 64.6 Å². The second-order valence-corrected chi connectivity index (χ2v) is 5.31. The normalized spacial score (nSPS) is 14.1. The molecule has 0 aromatic heterocycles. The molecule has 0 spiro atoms. The lowest BCUT2D eigenvalue weighted by molar-refractivity contribution is 0.262. The van der Waals surface area contributed by atoms with Crippen molar-refractivity contribution in [3.05, 3.63) is 35.4 Å². The average molecular weight is 255 g/mol. The average Bonchev–Trinajstić information content (AvgIpc) is 2.67. The SMILES string of the molecule is COc1ccc2c(c1)C(NOS(C)(=O)=O)=CC2. The Labute approximate surface area is 100 Å². The Bertz CT molecular complexity index is 563. The first kappa shape index (κ1) is 11.9. The van der Waals surface area contributed by atoms with Crippen LogP contribution in [-0.4, -0.2) is 21.8 Å². The zero-order valence-corrected chi connectivity index (χ0v) is 10.4. The number of benzene rings is 1. The Hall–Kier alpha value is -1.53. The summed E-state index contributed by atoms with van der Waals surface area (Å²) >= 11 is 0. The number of allylic oxidation sites excluding steroid dienone is 1. The maximum Gasteiger partial charge on any atom is 0.284 e. The van der Waals surface area contributed by atoms with Crippen LogP contribution in [-0.2, 0) is 20.8 Å². The number of nitrogens with one attached hydrogen (secondary N) is 1. The molecule has 92 valence electrons. The number of hydroxylamine groups is 1. The van der Waals surface area contributed by atoms with Crippen LogP contribution in [0.3, 0.4) is 0 Å². The van der Waals surface area contributed by atoms with Crippen molar-refractivity contribution in [2.24, 2.45) is 0 Å². The molecular weight excluding hydrogens is 242 g/mol. The maximum atomic E-state index is 10.9. The highest BCUT2D eigenvalue weighted by molar-refractivity contribution is 7.85. The summed E-state index contributed by atoms with van der Waals surface area (Å²) in [6.07, 6.45) is 3.60. The zero-order chi connectivity index (χ0) is 12.5. The molecule has 1 aliphatic carbocycles. The molecule has 17 heavy (non-hydrogen) atoms. The smallest absolute Gasteiger partial charge is 0.284 e. The van der Waals surface area contributed by atoms with Gasteiger partial charge in [-0.05, 0) is 24.1 Å². The highest BCUT2D eigenvalue weighted by Gasteiger charge is 2.16. The number of fused-ring (bicyclic) bond motifs is 1. The zero-order valence-electron chi connectivity index (χ0n) is 9.56. The van der Waals surface area contributed by atoms with Crippen molar-refractivity contribution in [2.45, 2.75) is 6.42 Å². The van der Waals surface area contributed by atoms with Gasteiger partial charge in [0.05, 0.1) is 19.1 Å². The first-order chi connectivity index (χ1) is 7.99. The van der Waals surface area contributed by atoms with Gasteiger partial charge in [-0.2, -0.15) is 12.7 Å². The second-order valence-electron chi connectivity index (χ2n) is 3.73. The van der Waals surface area contributed by atoms with Gasteiger partial charge in [0.25, 0.3) is 10.1 Å². The van der Waals surface area contributed by atoms with Crippen LogP contribution in [0.15, 0.2) is 24.3 Å².